The predicted molar refractivity (Wildman–Crippen MR) is 68.0 cm³/mol. The van der Waals surface area contributed by atoms with Crippen molar-refractivity contribution in [1.29, 1.82) is 0 Å². The zero-order valence-electron chi connectivity index (χ0n) is 10.2. The molecule has 7 heteroatoms. The average Bonchev–Trinajstić information content (AvgIpc) is 2.13. The topological polar surface area (TPSA) is 81.5 Å². The van der Waals surface area contributed by atoms with E-state index in [1.165, 1.54) is 18.2 Å². The predicted octanol–water partition coefficient (Wildman–Crippen LogP) is 3.60. The fourth-order valence-electron chi connectivity index (χ4n) is 1.22. The lowest BCUT2D eigenvalue weighted by Gasteiger charge is -2.19. The summed E-state index contributed by atoms with van der Waals surface area (Å²) in [4.78, 5) is 21.7. The lowest BCUT2D eigenvalue weighted by molar-refractivity contribution is -0.383. The lowest BCUT2D eigenvalue weighted by Crippen LogP contribution is -2.27. The molecule has 1 aromatic carbocycles. The van der Waals surface area contributed by atoms with Crippen molar-refractivity contribution in [1.82, 2.24) is 0 Å². The summed E-state index contributed by atoms with van der Waals surface area (Å²) >= 11 is 5.71. The molecule has 0 saturated carbocycles. The van der Waals surface area contributed by atoms with Gasteiger partial charge in [0.1, 0.15) is 16.3 Å². The molecule has 0 radical (unpaired) electrons. The average molecular weight is 273 g/mol. The van der Waals surface area contributed by atoms with E-state index in [1.807, 2.05) is 0 Å². The Morgan fingerprint density at radius 3 is 2.56 bits per heavy atom. The van der Waals surface area contributed by atoms with E-state index in [9.17, 15) is 14.9 Å². The highest BCUT2D eigenvalue weighted by molar-refractivity contribution is 6.33. The van der Waals surface area contributed by atoms with Crippen LogP contribution in [-0.2, 0) is 4.74 Å². The van der Waals surface area contributed by atoms with Crippen molar-refractivity contribution in [3.8, 4) is 0 Å². The molecule has 0 spiro atoms. The maximum atomic E-state index is 11.5. The molecule has 0 heterocycles. The molecule has 0 unspecified atom stereocenters. The minimum absolute atomic E-state index is 0.00162. The molecule has 0 saturated heterocycles. The zero-order chi connectivity index (χ0) is 13.9. The monoisotopic (exact) mass is 272 g/mol. The molecule has 1 rings (SSSR count). The molecule has 0 bridgehead atoms. The molecule has 1 N–H and O–H groups in total. The summed E-state index contributed by atoms with van der Waals surface area (Å²) in [5, 5.41) is 13.1. The number of amides is 1. The van der Waals surface area contributed by atoms with Gasteiger partial charge in [-0.1, -0.05) is 17.7 Å². The summed E-state index contributed by atoms with van der Waals surface area (Å²) in [7, 11) is 0. The SMILES string of the molecule is CC(C)(C)OC(=O)Nc1cccc(Cl)c1[N+](=O)[O-]. The molecule has 1 amide bonds. The van der Waals surface area contributed by atoms with Gasteiger partial charge in [0.25, 0.3) is 0 Å². The Balaban J connectivity index is 2.95. The minimum Gasteiger partial charge on any atom is -0.444 e. The first-order chi connectivity index (χ1) is 8.20. The Morgan fingerprint density at radius 1 is 1.44 bits per heavy atom. The van der Waals surface area contributed by atoms with E-state index in [2.05, 4.69) is 5.32 Å². The number of nitrogens with zero attached hydrogens (tertiary/aromatic N) is 1. The molecular weight excluding hydrogens is 260 g/mol. The van der Waals surface area contributed by atoms with Gasteiger partial charge in [0, 0.05) is 0 Å². The van der Waals surface area contributed by atoms with E-state index in [-0.39, 0.29) is 16.4 Å². The summed E-state index contributed by atoms with van der Waals surface area (Å²) < 4.78 is 5.00. The van der Waals surface area contributed by atoms with Gasteiger partial charge in [0.15, 0.2) is 0 Å². The summed E-state index contributed by atoms with van der Waals surface area (Å²) in [6, 6.07) is 4.26. The third-order valence-electron chi connectivity index (χ3n) is 1.80. The van der Waals surface area contributed by atoms with Gasteiger partial charge in [-0.3, -0.25) is 15.4 Å². The van der Waals surface area contributed by atoms with Crippen molar-refractivity contribution in [2.75, 3.05) is 5.32 Å². The molecule has 1 aromatic rings. The summed E-state index contributed by atoms with van der Waals surface area (Å²) in [5.74, 6) is 0. The van der Waals surface area contributed by atoms with Crippen LogP contribution in [0.25, 0.3) is 0 Å². The fraction of sp³-hybridized carbons (Fsp3) is 0.364. The van der Waals surface area contributed by atoms with Crippen molar-refractivity contribution < 1.29 is 14.5 Å². The molecular formula is C11H13ClN2O4. The van der Waals surface area contributed by atoms with Gasteiger partial charge in [-0.25, -0.2) is 4.79 Å². The van der Waals surface area contributed by atoms with Crippen molar-refractivity contribution in [3.05, 3.63) is 33.3 Å². The maximum Gasteiger partial charge on any atom is 0.412 e. The van der Waals surface area contributed by atoms with Gasteiger partial charge >= 0.3 is 11.8 Å². The van der Waals surface area contributed by atoms with Crippen LogP contribution in [0.1, 0.15) is 20.8 Å². The summed E-state index contributed by atoms with van der Waals surface area (Å²) in [6.07, 6.45) is -0.770. The number of carbonyl (C=O) groups is 1. The number of nitrogens with one attached hydrogen (secondary N) is 1. The van der Waals surface area contributed by atoms with E-state index >= 15 is 0 Å². The molecule has 0 aliphatic rings. The molecule has 0 fully saturated rings. The number of ether oxygens (including phenoxy) is 1. The number of hydrogen-bond acceptors (Lipinski definition) is 4. The van der Waals surface area contributed by atoms with Crippen LogP contribution in [-0.4, -0.2) is 16.6 Å². The van der Waals surface area contributed by atoms with Crippen molar-refractivity contribution in [2.45, 2.75) is 26.4 Å². The van der Waals surface area contributed by atoms with Gasteiger partial charge in [0.05, 0.1) is 4.92 Å². The van der Waals surface area contributed by atoms with Crippen LogP contribution in [0.5, 0.6) is 0 Å². The first-order valence-electron chi connectivity index (χ1n) is 5.13. The standard InChI is InChI=1S/C11H13ClN2O4/c1-11(2,3)18-10(15)13-8-6-4-5-7(12)9(8)14(16)17/h4-6H,1-3H3,(H,13,15). The van der Waals surface area contributed by atoms with Crippen LogP contribution in [0, 0.1) is 10.1 Å². The summed E-state index contributed by atoms with van der Waals surface area (Å²) in [5.41, 5.74) is -1.04. The molecule has 0 aliphatic carbocycles. The van der Waals surface area contributed by atoms with Crippen molar-refractivity contribution in [3.63, 3.8) is 0 Å². The van der Waals surface area contributed by atoms with E-state index in [0.717, 1.165) is 0 Å². The van der Waals surface area contributed by atoms with Gasteiger partial charge < -0.3 is 4.74 Å². The molecule has 0 aromatic heterocycles. The van der Waals surface area contributed by atoms with Gasteiger partial charge in [0.2, 0.25) is 0 Å². The second kappa shape index (κ2) is 5.22. The number of benzene rings is 1. The van der Waals surface area contributed by atoms with Gasteiger partial charge in [-0.05, 0) is 32.9 Å². The molecule has 18 heavy (non-hydrogen) atoms. The molecule has 0 atom stereocenters. The number of hydrogen-bond donors (Lipinski definition) is 1. The van der Waals surface area contributed by atoms with E-state index in [1.54, 1.807) is 20.8 Å². The highest BCUT2D eigenvalue weighted by Gasteiger charge is 2.22. The largest absolute Gasteiger partial charge is 0.444 e. The second-order valence-electron chi connectivity index (χ2n) is 4.52. The number of halogens is 1. The van der Waals surface area contributed by atoms with E-state index < -0.39 is 16.6 Å². The quantitative estimate of drug-likeness (QED) is 0.659. The highest BCUT2D eigenvalue weighted by atomic mass is 35.5. The Labute approximate surface area is 109 Å². The van der Waals surface area contributed by atoms with Crippen LogP contribution in [0.15, 0.2) is 18.2 Å². The first-order valence-corrected chi connectivity index (χ1v) is 5.51. The second-order valence-corrected chi connectivity index (χ2v) is 4.93. The van der Waals surface area contributed by atoms with Gasteiger partial charge in [-0.15, -0.1) is 0 Å². The van der Waals surface area contributed by atoms with Crippen molar-refractivity contribution in [2.24, 2.45) is 0 Å². The number of anilines is 1. The Bertz CT molecular complexity index is 482. The number of rotatable bonds is 2. The Kier molecular flexibility index (Phi) is 4.13. The molecule has 6 nitrogen and oxygen atoms in total. The first kappa shape index (κ1) is 14.2. The minimum atomic E-state index is -0.770. The number of para-hydroxylation sites is 1. The Hall–Kier alpha value is -1.82. The summed E-state index contributed by atoms with van der Waals surface area (Å²) in [6.45, 7) is 5.08. The third kappa shape index (κ3) is 3.89. The fourth-order valence-corrected chi connectivity index (χ4v) is 1.46. The normalized spacial score (nSPS) is 10.9. The number of carbonyl (C=O) groups excluding carboxylic acids is 1. The zero-order valence-corrected chi connectivity index (χ0v) is 10.9. The van der Waals surface area contributed by atoms with Crippen LogP contribution < -0.4 is 5.32 Å². The van der Waals surface area contributed by atoms with Crippen LogP contribution in [0.2, 0.25) is 5.02 Å². The smallest absolute Gasteiger partial charge is 0.412 e. The third-order valence-corrected chi connectivity index (χ3v) is 2.11. The maximum absolute atomic E-state index is 11.5. The van der Waals surface area contributed by atoms with Crippen LogP contribution in [0.4, 0.5) is 16.2 Å². The number of nitro benzene ring substituents is 1. The number of nitro groups is 1. The van der Waals surface area contributed by atoms with Crippen LogP contribution in [0.3, 0.4) is 0 Å². The van der Waals surface area contributed by atoms with E-state index in [0.29, 0.717) is 0 Å². The lowest BCUT2D eigenvalue weighted by atomic mass is 10.2. The highest BCUT2D eigenvalue weighted by Crippen LogP contribution is 2.32. The van der Waals surface area contributed by atoms with Gasteiger partial charge in [-0.2, -0.15) is 0 Å². The molecule has 0 aliphatic heterocycles. The molecule has 98 valence electrons. The van der Waals surface area contributed by atoms with Crippen molar-refractivity contribution >= 4 is 29.1 Å². The Morgan fingerprint density at radius 2 is 2.06 bits per heavy atom. The van der Waals surface area contributed by atoms with Crippen LogP contribution >= 0.6 is 11.6 Å². The van der Waals surface area contributed by atoms with E-state index in [4.69, 9.17) is 16.3 Å².